The lowest BCUT2D eigenvalue weighted by Gasteiger charge is -2.38. The van der Waals surface area contributed by atoms with Gasteiger partial charge >= 0.3 is 0 Å². The van der Waals surface area contributed by atoms with Gasteiger partial charge in [-0.15, -0.1) is 11.3 Å². The fourth-order valence-corrected chi connectivity index (χ4v) is 5.05. The second-order valence-electron chi connectivity index (χ2n) is 7.73. The Bertz CT molecular complexity index is 1070. The quantitative estimate of drug-likeness (QED) is 0.739. The predicted molar refractivity (Wildman–Crippen MR) is 116 cm³/mol. The van der Waals surface area contributed by atoms with Crippen LogP contribution in [0.4, 0.5) is 5.69 Å². The second-order valence-corrected chi connectivity index (χ2v) is 8.62. The van der Waals surface area contributed by atoms with Crippen molar-refractivity contribution in [2.45, 2.75) is 25.8 Å². The molecule has 144 valence electrons. The van der Waals surface area contributed by atoms with Crippen LogP contribution in [0.1, 0.15) is 24.1 Å². The van der Waals surface area contributed by atoms with Gasteiger partial charge in [-0.1, -0.05) is 23.8 Å². The predicted octanol–water partition coefficient (Wildman–Crippen LogP) is 3.66. The Kier molecular flexibility index (Phi) is 4.53. The maximum atomic E-state index is 12.2. The number of allylic oxidation sites excluding steroid dienone is 1. The number of hydrogen-bond acceptors (Lipinski definition) is 5. The van der Waals surface area contributed by atoms with Gasteiger partial charge in [-0.25, -0.2) is 4.98 Å². The number of H-pyrrole nitrogens is 1. The number of pyridine rings is 1. The molecule has 3 aromatic rings. The van der Waals surface area contributed by atoms with Gasteiger partial charge in [0.15, 0.2) is 0 Å². The van der Waals surface area contributed by atoms with E-state index in [9.17, 15) is 4.79 Å². The van der Waals surface area contributed by atoms with Gasteiger partial charge in [-0.3, -0.25) is 9.69 Å². The van der Waals surface area contributed by atoms with E-state index in [4.69, 9.17) is 0 Å². The number of thiazole rings is 1. The van der Waals surface area contributed by atoms with Gasteiger partial charge in [-0.2, -0.15) is 0 Å². The first kappa shape index (κ1) is 17.6. The van der Waals surface area contributed by atoms with E-state index in [0.29, 0.717) is 11.6 Å². The molecule has 6 heteroatoms. The van der Waals surface area contributed by atoms with E-state index in [2.05, 4.69) is 63.1 Å². The van der Waals surface area contributed by atoms with Crippen LogP contribution in [0.2, 0.25) is 0 Å². The third-order valence-corrected chi connectivity index (χ3v) is 6.74. The molecule has 0 unspecified atom stereocenters. The Morgan fingerprint density at radius 1 is 1.14 bits per heavy atom. The number of rotatable bonds is 3. The molecule has 1 saturated heterocycles. The molecule has 0 amide bonds. The number of benzene rings is 1. The summed E-state index contributed by atoms with van der Waals surface area (Å²) in [6.45, 7) is 6.41. The van der Waals surface area contributed by atoms with Gasteiger partial charge in [0.25, 0.3) is 5.56 Å². The molecule has 28 heavy (non-hydrogen) atoms. The first-order chi connectivity index (χ1) is 13.7. The molecule has 1 aliphatic heterocycles. The zero-order valence-electron chi connectivity index (χ0n) is 16.0. The summed E-state index contributed by atoms with van der Waals surface area (Å²) in [5.74, 6) is 0. The van der Waals surface area contributed by atoms with Crippen molar-refractivity contribution in [1.29, 1.82) is 0 Å². The van der Waals surface area contributed by atoms with E-state index in [1.54, 1.807) is 5.51 Å². The lowest BCUT2D eigenvalue weighted by atomic mass is 10.1. The number of hydrogen-bond donors (Lipinski definition) is 1. The number of anilines is 1. The molecule has 5 rings (SSSR count). The molecule has 1 N–H and O–H groups in total. The fourth-order valence-electron chi connectivity index (χ4n) is 4.33. The van der Waals surface area contributed by atoms with E-state index in [-0.39, 0.29) is 5.56 Å². The molecular weight excluding hydrogens is 368 g/mol. The van der Waals surface area contributed by atoms with Crippen LogP contribution in [-0.2, 0) is 0 Å². The minimum absolute atomic E-state index is 0.0789. The van der Waals surface area contributed by atoms with E-state index in [0.717, 1.165) is 49.4 Å². The van der Waals surface area contributed by atoms with Gasteiger partial charge < -0.3 is 9.88 Å². The van der Waals surface area contributed by atoms with Crippen LogP contribution in [0.3, 0.4) is 0 Å². The van der Waals surface area contributed by atoms with Crippen molar-refractivity contribution >= 4 is 32.8 Å². The standard InChI is InChI=1S/C22H24N4OS/c1-15-2-5-17(6-3-15)25-8-10-26(11-9-25)18-7-4-16(12-18)19-13-20-21(22(27)24-19)23-14-28-20/h2-3,5-6,12-14,18H,4,7-11H2,1H3,(H,24,27)/t18-/m1/s1. The van der Waals surface area contributed by atoms with Crippen molar-refractivity contribution in [3.63, 3.8) is 0 Å². The molecule has 1 aliphatic carbocycles. The van der Waals surface area contributed by atoms with Gasteiger partial charge in [-0.05, 0) is 43.5 Å². The molecule has 0 radical (unpaired) electrons. The minimum atomic E-state index is -0.0789. The van der Waals surface area contributed by atoms with Crippen molar-refractivity contribution < 1.29 is 0 Å². The summed E-state index contributed by atoms with van der Waals surface area (Å²) in [4.78, 5) is 24.5. The van der Waals surface area contributed by atoms with Crippen molar-refractivity contribution in [3.05, 3.63) is 63.5 Å². The Labute approximate surface area is 168 Å². The Hall–Kier alpha value is -2.44. The van der Waals surface area contributed by atoms with Crippen LogP contribution in [0.25, 0.3) is 15.8 Å². The summed E-state index contributed by atoms with van der Waals surface area (Å²) in [6.07, 6.45) is 4.51. The van der Waals surface area contributed by atoms with Crippen molar-refractivity contribution in [2.75, 3.05) is 31.1 Å². The van der Waals surface area contributed by atoms with E-state index < -0.39 is 0 Å². The number of nitrogens with one attached hydrogen (secondary N) is 1. The van der Waals surface area contributed by atoms with E-state index >= 15 is 0 Å². The largest absolute Gasteiger partial charge is 0.369 e. The van der Waals surface area contributed by atoms with Crippen LogP contribution >= 0.6 is 11.3 Å². The van der Waals surface area contributed by atoms with Crippen molar-refractivity contribution in [1.82, 2.24) is 14.9 Å². The van der Waals surface area contributed by atoms with Gasteiger partial charge in [0.2, 0.25) is 0 Å². The summed E-state index contributed by atoms with van der Waals surface area (Å²) in [5.41, 5.74) is 7.06. The van der Waals surface area contributed by atoms with Gasteiger partial charge in [0, 0.05) is 43.6 Å². The highest BCUT2D eigenvalue weighted by molar-refractivity contribution is 7.16. The molecule has 2 aliphatic rings. The molecule has 0 saturated carbocycles. The molecule has 1 fully saturated rings. The topological polar surface area (TPSA) is 52.2 Å². The number of aromatic nitrogens is 2. The smallest absolute Gasteiger partial charge is 0.275 e. The fraction of sp³-hybridized carbons (Fsp3) is 0.364. The molecule has 1 aromatic carbocycles. The van der Waals surface area contributed by atoms with Crippen molar-refractivity contribution in [3.8, 4) is 0 Å². The third-order valence-electron chi connectivity index (χ3n) is 5.96. The highest BCUT2D eigenvalue weighted by atomic mass is 32.1. The third kappa shape index (κ3) is 3.27. The van der Waals surface area contributed by atoms with E-state index in [1.807, 2.05) is 0 Å². The molecule has 0 spiro atoms. The van der Waals surface area contributed by atoms with Crippen molar-refractivity contribution in [2.24, 2.45) is 0 Å². The maximum absolute atomic E-state index is 12.2. The van der Waals surface area contributed by atoms with Crippen LogP contribution in [-0.4, -0.2) is 47.1 Å². The minimum Gasteiger partial charge on any atom is -0.369 e. The van der Waals surface area contributed by atoms with Crippen LogP contribution in [0.15, 0.2) is 46.7 Å². The van der Waals surface area contributed by atoms with Crippen LogP contribution in [0, 0.1) is 6.92 Å². The van der Waals surface area contributed by atoms with Crippen LogP contribution < -0.4 is 10.5 Å². The monoisotopic (exact) mass is 392 g/mol. The number of aromatic amines is 1. The first-order valence-electron chi connectivity index (χ1n) is 9.91. The summed E-state index contributed by atoms with van der Waals surface area (Å²) >= 11 is 1.53. The molecular formula is C22H24N4OS. The molecule has 2 aromatic heterocycles. The SMILES string of the molecule is Cc1ccc(N2CCN([C@H]3C=C(c4cc5scnc5c(=O)[nH]4)CC3)CC2)cc1. The zero-order chi connectivity index (χ0) is 19.1. The zero-order valence-corrected chi connectivity index (χ0v) is 16.8. The van der Waals surface area contributed by atoms with E-state index in [1.165, 1.54) is 28.2 Å². The summed E-state index contributed by atoms with van der Waals surface area (Å²) in [5, 5.41) is 0. The molecule has 5 nitrogen and oxygen atoms in total. The number of aryl methyl sites for hydroxylation is 1. The second kappa shape index (κ2) is 7.18. The molecule has 0 bridgehead atoms. The number of fused-ring (bicyclic) bond motifs is 1. The lowest BCUT2D eigenvalue weighted by Crippen LogP contribution is -2.49. The average molecular weight is 393 g/mol. The summed E-state index contributed by atoms with van der Waals surface area (Å²) in [6, 6.07) is 11.4. The summed E-state index contributed by atoms with van der Waals surface area (Å²) < 4.78 is 0.967. The highest BCUT2D eigenvalue weighted by Gasteiger charge is 2.27. The van der Waals surface area contributed by atoms with Gasteiger partial charge in [0.05, 0.1) is 10.2 Å². The number of nitrogens with zero attached hydrogens (tertiary/aromatic N) is 3. The Morgan fingerprint density at radius 3 is 2.71 bits per heavy atom. The highest BCUT2D eigenvalue weighted by Crippen LogP contribution is 2.31. The molecule has 3 heterocycles. The number of piperazine rings is 1. The summed E-state index contributed by atoms with van der Waals surface area (Å²) in [7, 11) is 0. The van der Waals surface area contributed by atoms with Gasteiger partial charge in [0.1, 0.15) is 5.52 Å². The Morgan fingerprint density at radius 2 is 1.93 bits per heavy atom. The maximum Gasteiger partial charge on any atom is 0.275 e. The normalized spacial score (nSPS) is 20.7. The lowest BCUT2D eigenvalue weighted by molar-refractivity contribution is 0.214. The molecule has 1 atom stereocenters. The van der Waals surface area contributed by atoms with Crippen LogP contribution in [0.5, 0.6) is 0 Å². The average Bonchev–Trinajstić information content (AvgIpc) is 3.39. The first-order valence-corrected chi connectivity index (χ1v) is 10.8. The Balaban J connectivity index is 1.28.